The molecule has 2 aromatic carbocycles. The fraction of sp³-hybridized carbons (Fsp3) is 0.227. The number of rotatable bonds is 6. The summed E-state index contributed by atoms with van der Waals surface area (Å²) in [6.07, 6.45) is 1.67. The molecule has 1 aliphatic heterocycles. The van der Waals surface area contributed by atoms with Gasteiger partial charge < -0.3 is 14.8 Å². The van der Waals surface area contributed by atoms with Gasteiger partial charge in [-0.3, -0.25) is 19.3 Å². The Balaban J connectivity index is 1.76. The maximum absolute atomic E-state index is 12.7. The van der Waals surface area contributed by atoms with Crippen molar-refractivity contribution in [1.29, 1.82) is 0 Å². The van der Waals surface area contributed by atoms with Crippen molar-refractivity contribution >= 4 is 40.6 Å². The number of hydrogen-bond donors (Lipinski definition) is 1. The van der Waals surface area contributed by atoms with Crippen LogP contribution in [0.15, 0.2) is 41.3 Å². The normalized spacial score (nSPS) is 14.9. The van der Waals surface area contributed by atoms with E-state index in [4.69, 9.17) is 9.47 Å². The monoisotopic (exact) mass is 426 g/mol. The Hall–Kier alpha value is -3.26. The second kappa shape index (κ2) is 9.04. The zero-order chi connectivity index (χ0) is 21.8. The Morgan fingerprint density at radius 2 is 1.77 bits per heavy atom. The quantitative estimate of drug-likeness (QED) is 0.703. The standard InChI is InChI=1S/C22H22N2O5S/c1-13-10-18(29-4)14(2)9-15(13)11-19-21(26)24(22(27)30-19)12-20(25)23-16-7-5-6-8-17(16)28-3/h5-11H,12H2,1-4H3,(H,23,25)/b19-11-. The molecule has 156 valence electrons. The summed E-state index contributed by atoms with van der Waals surface area (Å²) in [7, 11) is 3.10. The summed E-state index contributed by atoms with van der Waals surface area (Å²) < 4.78 is 10.5. The molecule has 3 rings (SSSR count). The molecule has 1 saturated heterocycles. The number of thioether (sulfide) groups is 1. The van der Waals surface area contributed by atoms with Crippen LogP contribution < -0.4 is 14.8 Å². The molecule has 3 amide bonds. The Kier molecular flexibility index (Phi) is 6.47. The number of nitrogens with one attached hydrogen (secondary N) is 1. The van der Waals surface area contributed by atoms with Gasteiger partial charge in [0.2, 0.25) is 5.91 Å². The van der Waals surface area contributed by atoms with Crippen molar-refractivity contribution in [3.05, 3.63) is 58.0 Å². The SMILES string of the molecule is COc1cc(C)c(/C=C2\SC(=O)N(CC(=O)Nc3ccccc3OC)C2=O)cc1C. The molecule has 0 spiro atoms. The molecular weight excluding hydrogens is 404 g/mol. The largest absolute Gasteiger partial charge is 0.496 e. The summed E-state index contributed by atoms with van der Waals surface area (Å²) >= 11 is 0.820. The van der Waals surface area contributed by atoms with E-state index in [1.165, 1.54) is 7.11 Å². The maximum atomic E-state index is 12.7. The first-order valence-corrected chi connectivity index (χ1v) is 9.99. The van der Waals surface area contributed by atoms with Crippen LogP contribution in [-0.2, 0) is 9.59 Å². The third kappa shape index (κ3) is 4.49. The predicted octanol–water partition coefficient (Wildman–Crippen LogP) is 4.00. The molecule has 7 nitrogen and oxygen atoms in total. The summed E-state index contributed by atoms with van der Waals surface area (Å²) in [5.74, 6) is 0.267. The highest BCUT2D eigenvalue weighted by molar-refractivity contribution is 8.18. The fourth-order valence-corrected chi connectivity index (χ4v) is 3.88. The summed E-state index contributed by atoms with van der Waals surface area (Å²) in [4.78, 5) is 38.7. The summed E-state index contributed by atoms with van der Waals surface area (Å²) in [6.45, 7) is 3.43. The molecular formula is C22H22N2O5S. The van der Waals surface area contributed by atoms with Crippen molar-refractivity contribution in [2.45, 2.75) is 13.8 Å². The molecule has 1 heterocycles. The molecule has 0 atom stereocenters. The second-order valence-electron chi connectivity index (χ2n) is 6.69. The lowest BCUT2D eigenvalue weighted by molar-refractivity contribution is -0.127. The Bertz CT molecular complexity index is 1050. The molecule has 0 saturated carbocycles. The van der Waals surface area contributed by atoms with E-state index in [9.17, 15) is 14.4 Å². The molecule has 1 N–H and O–H groups in total. The number of ether oxygens (including phenoxy) is 2. The zero-order valence-corrected chi connectivity index (χ0v) is 18.0. The van der Waals surface area contributed by atoms with E-state index in [-0.39, 0.29) is 11.4 Å². The van der Waals surface area contributed by atoms with Crippen LogP contribution in [0.2, 0.25) is 0 Å². The molecule has 0 bridgehead atoms. The average Bonchev–Trinajstić information content (AvgIpc) is 2.98. The van der Waals surface area contributed by atoms with E-state index in [2.05, 4.69) is 5.32 Å². The van der Waals surface area contributed by atoms with Gasteiger partial charge in [-0.15, -0.1) is 0 Å². The molecule has 1 aliphatic rings. The van der Waals surface area contributed by atoms with Gasteiger partial charge in [0.25, 0.3) is 11.1 Å². The van der Waals surface area contributed by atoms with Crippen LogP contribution >= 0.6 is 11.8 Å². The highest BCUT2D eigenvalue weighted by atomic mass is 32.2. The van der Waals surface area contributed by atoms with Gasteiger partial charge >= 0.3 is 0 Å². The Morgan fingerprint density at radius 1 is 1.07 bits per heavy atom. The van der Waals surface area contributed by atoms with Crippen molar-refractivity contribution in [3.63, 3.8) is 0 Å². The molecule has 1 fully saturated rings. The number of methoxy groups -OCH3 is 2. The van der Waals surface area contributed by atoms with E-state index < -0.39 is 17.1 Å². The van der Waals surface area contributed by atoms with E-state index in [0.29, 0.717) is 11.4 Å². The maximum Gasteiger partial charge on any atom is 0.294 e. The molecule has 0 unspecified atom stereocenters. The fourth-order valence-electron chi connectivity index (χ4n) is 3.05. The summed E-state index contributed by atoms with van der Waals surface area (Å²) in [5, 5.41) is 2.19. The van der Waals surface area contributed by atoms with Crippen LogP contribution in [0.25, 0.3) is 6.08 Å². The van der Waals surface area contributed by atoms with Crippen molar-refractivity contribution in [1.82, 2.24) is 4.90 Å². The number of para-hydroxylation sites is 2. The highest BCUT2D eigenvalue weighted by Gasteiger charge is 2.36. The van der Waals surface area contributed by atoms with Crippen LogP contribution in [0, 0.1) is 13.8 Å². The van der Waals surface area contributed by atoms with Gasteiger partial charge in [0, 0.05) is 0 Å². The van der Waals surface area contributed by atoms with Gasteiger partial charge in [0.05, 0.1) is 24.8 Å². The van der Waals surface area contributed by atoms with E-state index >= 15 is 0 Å². The molecule has 2 aromatic rings. The first-order chi connectivity index (χ1) is 14.3. The molecule has 8 heteroatoms. The number of aryl methyl sites for hydroxylation is 2. The van der Waals surface area contributed by atoms with Gasteiger partial charge in [0.1, 0.15) is 18.0 Å². The Morgan fingerprint density at radius 3 is 2.47 bits per heavy atom. The number of carbonyl (C=O) groups excluding carboxylic acids is 3. The van der Waals surface area contributed by atoms with Crippen molar-refractivity contribution in [2.24, 2.45) is 0 Å². The topological polar surface area (TPSA) is 84.9 Å². The van der Waals surface area contributed by atoms with Gasteiger partial charge in [-0.2, -0.15) is 0 Å². The minimum atomic E-state index is -0.493. The smallest absolute Gasteiger partial charge is 0.294 e. The van der Waals surface area contributed by atoms with Gasteiger partial charge in [-0.05, 0) is 72.6 Å². The number of amides is 3. The lowest BCUT2D eigenvalue weighted by atomic mass is 10.0. The van der Waals surface area contributed by atoms with E-state index in [1.54, 1.807) is 37.5 Å². The number of benzene rings is 2. The lowest BCUT2D eigenvalue weighted by Crippen LogP contribution is -2.36. The van der Waals surface area contributed by atoms with Crippen molar-refractivity contribution in [3.8, 4) is 11.5 Å². The van der Waals surface area contributed by atoms with E-state index in [0.717, 1.165) is 39.1 Å². The molecule has 0 radical (unpaired) electrons. The van der Waals surface area contributed by atoms with Gasteiger partial charge in [-0.25, -0.2) is 0 Å². The van der Waals surface area contributed by atoms with Crippen LogP contribution in [0.4, 0.5) is 10.5 Å². The summed E-state index contributed by atoms with van der Waals surface area (Å²) in [5.41, 5.74) is 3.12. The first-order valence-electron chi connectivity index (χ1n) is 9.17. The van der Waals surface area contributed by atoms with Gasteiger partial charge in [-0.1, -0.05) is 12.1 Å². The number of carbonyl (C=O) groups is 3. The summed E-state index contributed by atoms with van der Waals surface area (Å²) in [6, 6.07) is 10.7. The molecule has 0 aromatic heterocycles. The van der Waals surface area contributed by atoms with Gasteiger partial charge in [0.15, 0.2) is 0 Å². The van der Waals surface area contributed by atoms with Crippen LogP contribution in [-0.4, -0.2) is 42.7 Å². The second-order valence-corrected chi connectivity index (χ2v) is 7.69. The predicted molar refractivity (Wildman–Crippen MR) is 117 cm³/mol. The number of imide groups is 1. The van der Waals surface area contributed by atoms with Crippen LogP contribution in [0.1, 0.15) is 16.7 Å². The highest BCUT2D eigenvalue weighted by Crippen LogP contribution is 2.34. The minimum absolute atomic E-state index is 0.276. The third-order valence-corrected chi connectivity index (χ3v) is 5.53. The minimum Gasteiger partial charge on any atom is -0.496 e. The van der Waals surface area contributed by atoms with Crippen molar-refractivity contribution < 1.29 is 23.9 Å². The first kappa shape index (κ1) is 21.4. The number of anilines is 1. The number of nitrogens with zero attached hydrogens (tertiary/aromatic N) is 1. The Labute approximate surface area is 179 Å². The zero-order valence-electron chi connectivity index (χ0n) is 17.1. The third-order valence-electron chi connectivity index (χ3n) is 4.63. The average molecular weight is 426 g/mol. The molecule has 0 aliphatic carbocycles. The van der Waals surface area contributed by atoms with Crippen LogP contribution in [0.5, 0.6) is 11.5 Å². The number of hydrogen-bond acceptors (Lipinski definition) is 6. The lowest BCUT2D eigenvalue weighted by Gasteiger charge is -2.14. The molecule has 30 heavy (non-hydrogen) atoms. The van der Waals surface area contributed by atoms with E-state index in [1.807, 2.05) is 26.0 Å². The van der Waals surface area contributed by atoms with Crippen LogP contribution in [0.3, 0.4) is 0 Å². The van der Waals surface area contributed by atoms with Crippen molar-refractivity contribution in [2.75, 3.05) is 26.1 Å².